The molecule has 1 fully saturated rings. The van der Waals surface area contributed by atoms with Gasteiger partial charge in [0.05, 0.1) is 5.41 Å². The van der Waals surface area contributed by atoms with Gasteiger partial charge in [-0.2, -0.15) is 0 Å². The highest BCUT2D eigenvalue weighted by molar-refractivity contribution is 6.04. The fourth-order valence-electron chi connectivity index (χ4n) is 2.47. The molecule has 2 rings (SSSR count). The van der Waals surface area contributed by atoms with Crippen LogP contribution in [-0.4, -0.2) is 11.8 Å². The van der Waals surface area contributed by atoms with Crippen molar-refractivity contribution >= 4 is 17.5 Å². The molecule has 3 N–H and O–H groups in total. The van der Waals surface area contributed by atoms with Crippen LogP contribution in [0.25, 0.3) is 0 Å². The second kappa shape index (κ2) is 4.20. The molecule has 1 aliphatic rings. The van der Waals surface area contributed by atoms with Gasteiger partial charge in [0.1, 0.15) is 0 Å². The lowest BCUT2D eigenvalue weighted by atomic mass is 9.71. The monoisotopic (exact) mass is 232 g/mol. The van der Waals surface area contributed by atoms with E-state index in [4.69, 9.17) is 5.73 Å². The first-order valence-electron chi connectivity index (χ1n) is 5.79. The summed E-state index contributed by atoms with van der Waals surface area (Å²) in [6.07, 6.45) is 1.54. The zero-order valence-electron chi connectivity index (χ0n) is 9.82. The molecule has 1 aromatic rings. The third-order valence-electron chi connectivity index (χ3n) is 3.55. The number of amides is 2. The average Bonchev–Trinajstić information content (AvgIpc) is 2.31. The molecule has 4 nitrogen and oxygen atoms in total. The van der Waals surface area contributed by atoms with Gasteiger partial charge >= 0.3 is 0 Å². The number of nitrogen functional groups attached to an aromatic ring is 1. The minimum Gasteiger partial charge on any atom is -0.398 e. The summed E-state index contributed by atoms with van der Waals surface area (Å²) in [6, 6.07) is 7.37. The summed E-state index contributed by atoms with van der Waals surface area (Å²) in [5.74, 6) is -0.428. The molecule has 1 saturated heterocycles. The Kier molecular flexibility index (Phi) is 2.88. The first kappa shape index (κ1) is 11.6. The number of imide groups is 1. The van der Waals surface area contributed by atoms with Crippen LogP contribution >= 0.6 is 0 Å². The van der Waals surface area contributed by atoms with Gasteiger partial charge < -0.3 is 5.73 Å². The highest BCUT2D eigenvalue weighted by Gasteiger charge is 2.43. The number of nitrogens with one attached hydrogen (secondary N) is 1. The smallest absolute Gasteiger partial charge is 0.237 e. The molecule has 0 radical (unpaired) electrons. The zero-order chi connectivity index (χ0) is 12.5. The van der Waals surface area contributed by atoms with Crippen molar-refractivity contribution in [3.63, 3.8) is 0 Å². The van der Waals surface area contributed by atoms with Crippen LogP contribution in [0.15, 0.2) is 24.3 Å². The molecule has 0 aliphatic carbocycles. The van der Waals surface area contributed by atoms with E-state index in [0.29, 0.717) is 24.9 Å². The number of benzene rings is 1. The molecule has 1 heterocycles. The van der Waals surface area contributed by atoms with Crippen LogP contribution in [0.5, 0.6) is 0 Å². The molecule has 1 aliphatic heterocycles. The molecular formula is C13H16N2O2. The first-order chi connectivity index (χ1) is 8.10. The molecule has 4 heteroatoms. The quantitative estimate of drug-likeness (QED) is 0.597. The molecule has 17 heavy (non-hydrogen) atoms. The van der Waals surface area contributed by atoms with Gasteiger partial charge in [-0.25, -0.2) is 0 Å². The molecule has 90 valence electrons. The molecule has 0 unspecified atom stereocenters. The number of hydrogen-bond acceptors (Lipinski definition) is 3. The van der Waals surface area contributed by atoms with E-state index >= 15 is 0 Å². The summed E-state index contributed by atoms with van der Waals surface area (Å²) in [7, 11) is 0. The topological polar surface area (TPSA) is 72.2 Å². The Bertz CT molecular complexity index is 470. The molecule has 2 amide bonds. The molecule has 0 saturated carbocycles. The van der Waals surface area contributed by atoms with E-state index in [1.165, 1.54) is 0 Å². The maximum atomic E-state index is 12.1. The Morgan fingerprint density at radius 2 is 2.06 bits per heavy atom. The largest absolute Gasteiger partial charge is 0.398 e. The van der Waals surface area contributed by atoms with Crippen molar-refractivity contribution in [1.82, 2.24) is 5.32 Å². The number of anilines is 1. The molecule has 1 atom stereocenters. The van der Waals surface area contributed by atoms with Crippen molar-refractivity contribution < 1.29 is 9.59 Å². The van der Waals surface area contributed by atoms with Crippen molar-refractivity contribution in [2.45, 2.75) is 31.6 Å². The SMILES string of the molecule is CC[C@]1(c2ccccc2N)CCC(=O)NC1=O. The summed E-state index contributed by atoms with van der Waals surface area (Å²) in [5.41, 5.74) is 6.73. The number of piperidine rings is 1. The van der Waals surface area contributed by atoms with Gasteiger partial charge in [0.2, 0.25) is 11.8 Å². The van der Waals surface area contributed by atoms with Gasteiger partial charge in [0.25, 0.3) is 0 Å². The first-order valence-corrected chi connectivity index (χ1v) is 5.79. The highest BCUT2D eigenvalue weighted by atomic mass is 16.2. The fraction of sp³-hybridized carbons (Fsp3) is 0.385. The standard InChI is InChI=1S/C13H16N2O2/c1-2-13(8-7-11(16)15-12(13)17)9-5-3-4-6-10(9)14/h3-6H,2,7-8,14H2,1H3,(H,15,16,17)/t13-/m1/s1. The summed E-state index contributed by atoms with van der Waals surface area (Å²) < 4.78 is 0. The van der Waals surface area contributed by atoms with Crippen LogP contribution in [0.3, 0.4) is 0 Å². The van der Waals surface area contributed by atoms with E-state index in [1.54, 1.807) is 6.07 Å². The molecule has 0 bridgehead atoms. The maximum Gasteiger partial charge on any atom is 0.237 e. The second-order valence-corrected chi connectivity index (χ2v) is 4.40. The second-order valence-electron chi connectivity index (χ2n) is 4.40. The van der Waals surface area contributed by atoms with E-state index in [2.05, 4.69) is 5.32 Å². The number of carbonyl (C=O) groups is 2. The van der Waals surface area contributed by atoms with Crippen molar-refractivity contribution in [3.05, 3.63) is 29.8 Å². The van der Waals surface area contributed by atoms with Crippen molar-refractivity contribution in [2.24, 2.45) is 0 Å². The number of rotatable bonds is 2. The summed E-state index contributed by atoms with van der Waals surface area (Å²) in [6.45, 7) is 1.95. The minimum atomic E-state index is -0.654. The summed E-state index contributed by atoms with van der Waals surface area (Å²) in [5, 5.41) is 2.41. The van der Waals surface area contributed by atoms with Gasteiger partial charge in [-0.3, -0.25) is 14.9 Å². The Hall–Kier alpha value is -1.84. The van der Waals surface area contributed by atoms with Gasteiger partial charge in [-0.05, 0) is 24.5 Å². The van der Waals surface area contributed by atoms with Gasteiger partial charge in [0.15, 0.2) is 0 Å². The van der Waals surface area contributed by atoms with Crippen LogP contribution in [0.4, 0.5) is 5.69 Å². The van der Waals surface area contributed by atoms with Crippen molar-refractivity contribution in [3.8, 4) is 0 Å². The van der Waals surface area contributed by atoms with Crippen LogP contribution in [0.1, 0.15) is 31.7 Å². The normalized spacial score (nSPS) is 24.5. The average molecular weight is 232 g/mol. The van der Waals surface area contributed by atoms with E-state index < -0.39 is 5.41 Å². The number of nitrogens with two attached hydrogens (primary N) is 1. The molecule has 0 aromatic heterocycles. The lowest BCUT2D eigenvalue weighted by Crippen LogP contribution is -2.51. The van der Waals surface area contributed by atoms with E-state index in [0.717, 1.165) is 5.56 Å². The van der Waals surface area contributed by atoms with Crippen LogP contribution in [-0.2, 0) is 15.0 Å². The maximum absolute atomic E-state index is 12.1. The molecule has 0 spiro atoms. The van der Waals surface area contributed by atoms with E-state index in [9.17, 15) is 9.59 Å². The van der Waals surface area contributed by atoms with Crippen molar-refractivity contribution in [1.29, 1.82) is 0 Å². The molecular weight excluding hydrogens is 216 g/mol. The third kappa shape index (κ3) is 1.79. The van der Waals surface area contributed by atoms with Gasteiger partial charge in [-0.15, -0.1) is 0 Å². The van der Waals surface area contributed by atoms with Crippen molar-refractivity contribution in [2.75, 3.05) is 5.73 Å². The zero-order valence-corrected chi connectivity index (χ0v) is 9.82. The Morgan fingerprint density at radius 1 is 1.35 bits per heavy atom. The van der Waals surface area contributed by atoms with E-state index in [-0.39, 0.29) is 11.8 Å². The van der Waals surface area contributed by atoms with Crippen LogP contribution in [0, 0.1) is 0 Å². The Labute approximate surface area is 100 Å². The Balaban J connectivity index is 2.48. The molecule has 1 aromatic carbocycles. The fourth-order valence-corrected chi connectivity index (χ4v) is 2.47. The Morgan fingerprint density at radius 3 is 2.65 bits per heavy atom. The van der Waals surface area contributed by atoms with E-state index in [1.807, 2.05) is 25.1 Å². The predicted octanol–water partition coefficient (Wildman–Crippen LogP) is 1.35. The summed E-state index contributed by atoms with van der Waals surface area (Å²) >= 11 is 0. The number of carbonyl (C=O) groups excluding carboxylic acids is 2. The van der Waals surface area contributed by atoms with Crippen LogP contribution in [0.2, 0.25) is 0 Å². The van der Waals surface area contributed by atoms with Gasteiger partial charge in [-0.1, -0.05) is 25.1 Å². The predicted molar refractivity (Wildman–Crippen MR) is 65.2 cm³/mol. The third-order valence-corrected chi connectivity index (χ3v) is 3.55. The highest BCUT2D eigenvalue weighted by Crippen LogP contribution is 2.38. The lowest BCUT2D eigenvalue weighted by molar-refractivity contribution is -0.138. The lowest BCUT2D eigenvalue weighted by Gasteiger charge is -2.35. The minimum absolute atomic E-state index is 0.200. The number of para-hydroxylation sites is 1. The van der Waals surface area contributed by atoms with Gasteiger partial charge in [0, 0.05) is 12.1 Å². The summed E-state index contributed by atoms with van der Waals surface area (Å²) in [4.78, 5) is 23.4. The van der Waals surface area contributed by atoms with Crippen LogP contribution < -0.4 is 11.1 Å². The number of hydrogen-bond donors (Lipinski definition) is 2.